The molecule has 0 aliphatic rings. The lowest BCUT2D eigenvalue weighted by molar-refractivity contribution is -0.113. The van der Waals surface area contributed by atoms with Crippen LogP contribution in [0.3, 0.4) is 0 Å². The zero-order valence-corrected chi connectivity index (χ0v) is 15.3. The van der Waals surface area contributed by atoms with Gasteiger partial charge in [-0.2, -0.15) is 4.98 Å². The Morgan fingerprint density at radius 3 is 2.85 bits per heavy atom. The van der Waals surface area contributed by atoms with Crippen molar-refractivity contribution >= 4 is 35.0 Å². The number of carbonyl (C=O) groups is 1. The molecule has 0 spiro atoms. The highest BCUT2D eigenvalue weighted by atomic mass is 35.5. The minimum Gasteiger partial charge on any atom is -0.334 e. The van der Waals surface area contributed by atoms with E-state index in [1.807, 2.05) is 6.92 Å². The van der Waals surface area contributed by atoms with Crippen molar-refractivity contribution in [3.8, 4) is 11.5 Å². The van der Waals surface area contributed by atoms with E-state index in [0.29, 0.717) is 34.4 Å². The average molecular weight is 393 g/mol. The van der Waals surface area contributed by atoms with Gasteiger partial charge in [0, 0.05) is 12.6 Å². The van der Waals surface area contributed by atoms with Gasteiger partial charge in [0.25, 0.3) is 5.89 Å². The number of hydrogen-bond donors (Lipinski definition) is 1. The SMILES string of the molecule is CCc1noc(-c2ccc(SCC(=O)Nc3ccc(F)cc3Cl)nc2)n1. The van der Waals surface area contributed by atoms with Crippen molar-refractivity contribution in [2.45, 2.75) is 18.4 Å². The molecule has 2 heterocycles. The lowest BCUT2D eigenvalue weighted by atomic mass is 10.3. The van der Waals surface area contributed by atoms with Gasteiger partial charge in [-0.25, -0.2) is 9.37 Å². The third-order valence-corrected chi connectivity index (χ3v) is 4.58. The zero-order valence-electron chi connectivity index (χ0n) is 13.7. The second-order valence-corrected chi connectivity index (χ2v) is 6.62. The summed E-state index contributed by atoms with van der Waals surface area (Å²) in [6, 6.07) is 7.37. The zero-order chi connectivity index (χ0) is 18.5. The van der Waals surface area contributed by atoms with E-state index >= 15 is 0 Å². The van der Waals surface area contributed by atoms with E-state index in [1.54, 1.807) is 18.3 Å². The highest BCUT2D eigenvalue weighted by molar-refractivity contribution is 7.99. The van der Waals surface area contributed by atoms with Crippen molar-refractivity contribution < 1.29 is 13.7 Å². The Morgan fingerprint density at radius 2 is 2.19 bits per heavy atom. The van der Waals surface area contributed by atoms with Crippen LogP contribution in [0.5, 0.6) is 0 Å². The quantitative estimate of drug-likeness (QED) is 0.632. The average Bonchev–Trinajstić information content (AvgIpc) is 3.12. The van der Waals surface area contributed by atoms with Crippen molar-refractivity contribution in [3.63, 3.8) is 0 Å². The number of nitrogens with one attached hydrogen (secondary N) is 1. The molecular formula is C17H14ClFN4O2S. The van der Waals surface area contributed by atoms with Crippen molar-refractivity contribution in [3.05, 3.63) is 53.2 Å². The first-order valence-electron chi connectivity index (χ1n) is 7.72. The fourth-order valence-corrected chi connectivity index (χ4v) is 2.88. The molecule has 26 heavy (non-hydrogen) atoms. The van der Waals surface area contributed by atoms with Crippen molar-refractivity contribution in [2.75, 3.05) is 11.1 Å². The van der Waals surface area contributed by atoms with Gasteiger partial charge in [-0.3, -0.25) is 4.79 Å². The molecule has 134 valence electrons. The molecule has 3 aromatic rings. The molecule has 0 bridgehead atoms. The number of amides is 1. The van der Waals surface area contributed by atoms with Crippen LogP contribution < -0.4 is 5.32 Å². The Bertz CT molecular complexity index is 917. The van der Waals surface area contributed by atoms with E-state index in [4.69, 9.17) is 16.1 Å². The number of nitrogens with zero attached hydrogens (tertiary/aromatic N) is 3. The molecule has 0 unspecified atom stereocenters. The number of benzene rings is 1. The number of aromatic nitrogens is 3. The molecule has 0 fully saturated rings. The van der Waals surface area contributed by atoms with Crippen LogP contribution in [0, 0.1) is 5.82 Å². The van der Waals surface area contributed by atoms with E-state index in [1.165, 1.54) is 23.9 Å². The first-order chi connectivity index (χ1) is 12.5. The molecule has 2 aromatic heterocycles. The Balaban J connectivity index is 1.56. The molecule has 0 radical (unpaired) electrons. The monoisotopic (exact) mass is 392 g/mol. The largest absolute Gasteiger partial charge is 0.334 e. The topological polar surface area (TPSA) is 80.9 Å². The molecule has 6 nitrogen and oxygen atoms in total. The van der Waals surface area contributed by atoms with Crippen molar-refractivity contribution in [2.24, 2.45) is 0 Å². The van der Waals surface area contributed by atoms with Crippen LogP contribution in [0.25, 0.3) is 11.5 Å². The Labute approximate surface area is 158 Å². The van der Waals surface area contributed by atoms with Gasteiger partial charge in [-0.1, -0.05) is 35.4 Å². The predicted molar refractivity (Wildman–Crippen MR) is 97.7 cm³/mol. The van der Waals surface area contributed by atoms with Gasteiger partial charge in [-0.15, -0.1) is 0 Å². The number of hydrogen-bond acceptors (Lipinski definition) is 6. The maximum atomic E-state index is 13.0. The molecule has 1 N–H and O–H groups in total. The van der Waals surface area contributed by atoms with Gasteiger partial charge in [0.05, 0.1) is 27.1 Å². The number of thioether (sulfide) groups is 1. The molecular weight excluding hydrogens is 379 g/mol. The number of carbonyl (C=O) groups excluding carboxylic acids is 1. The summed E-state index contributed by atoms with van der Waals surface area (Å²) in [6.45, 7) is 1.94. The van der Waals surface area contributed by atoms with Crippen LogP contribution >= 0.6 is 23.4 Å². The van der Waals surface area contributed by atoms with Crippen molar-refractivity contribution in [1.29, 1.82) is 0 Å². The summed E-state index contributed by atoms with van der Waals surface area (Å²) in [5, 5.41) is 7.29. The van der Waals surface area contributed by atoms with Gasteiger partial charge < -0.3 is 9.84 Å². The van der Waals surface area contributed by atoms with Gasteiger partial charge in [0.15, 0.2) is 5.82 Å². The van der Waals surface area contributed by atoms with E-state index in [-0.39, 0.29) is 16.7 Å². The molecule has 1 amide bonds. The van der Waals surface area contributed by atoms with E-state index in [9.17, 15) is 9.18 Å². The van der Waals surface area contributed by atoms with Gasteiger partial charge in [0.2, 0.25) is 5.91 Å². The highest BCUT2D eigenvalue weighted by Crippen LogP contribution is 2.24. The summed E-state index contributed by atoms with van der Waals surface area (Å²) < 4.78 is 18.2. The van der Waals surface area contributed by atoms with Crippen LogP contribution in [0.1, 0.15) is 12.7 Å². The molecule has 0 aliphatic heterocycles. The number of rotatable bonds is 6. The lowest BCUT2D eigenvalue weighted by Gasteiger charge is -2.07. The molecule has 1 aromatic carbocycles. The minimum atomic E-state index is -0.459. The van der Waals surface area contributed by atoms with Crippen LogP contribution in [0.4, 0.5) is 10.1 Å². The molecule has 3 rings (SSSR count). The Hall–Kier alpha value is -2.45. The molecule has 0 saturated carbocycles. The maximum absolute atomic E-state index is 13.0. The molecule has 0 aliphatic carbocycles. The van der Waals surface area contributed by atoms with Gasteiger partial charge >= 0.3 is 0 Å². The standard InChI is InChI=1S/C17H14ClFN4O2S/c1-2-14-22-17(25-23-14)10-3-6-16(20-8-10)26-9-15(24)21-13-5-4-11(19)7-12(13)18/h3-8H,2,9H2,1H3,(H,21,24). The Morgan fingerprint density at radius 1 is 1.35 bits per heavy atom. The van der Waals surface area contributed by atoms with Crippen molar-refractivity contribution in [1.82, 2.24) is 15.1 Å². The summed E-state index contributed by atoms with van der Waals surface area (Å²) in [4.78, 5) is 20.5. The van der Waals surface area contributed by atoms with Crippen LogP contribution in [0.15, 0.2) is 46.1 Å². The summed E-state index contributed by atoms with van der Waals surface area (Å²) in [5.41, 5.74) is 1.08. The number of pyridine rings is 1. The highest BCUT2D eigenvalue weighted by Gasteiger charge is 2.10. The normalized spacial score (nSPS) is 10.7. The fourth-order valence-electron chi connectivity index (χ4n) is 2.02. The second kappa shape index (κ2) is 8.29. The van der Waals surface area contributed by atoms with Crippen LogP contribution in [-0.2, 0) is 11.2 Å². The number of halogens is 2. The molecule has 9 heteroatoms. The van der Waals surface area contributed by atoms with E-state index < -0.39 is 5.82 Å². The summed E-state index contributed by atoms with van der Waals surface area (Å²) >= 11 is 7.15. The smallest absolute Gasteiger partial charge is 0.259 e. The number of aryl methyl sites for hydroxylation is 1. The second-order valence-electron chi connectivity index (χ2n) is 5.22. The van der Waals surface area contributed by atoms with E-state index in [2.05, 4.69) is 20.4 Å². The van der Waals surface area contributed by atoms with E-state index in [0.717, 1.165) is 6.07 Å². The third-order valence-electron chi connectivity index (χ3n) is 3.32. The lowest BCUT2D eigenvalue weighted by Crippen LogP contribution is -2.14. The summed E-state index contributed by atoms with van der Waals surface area (Å²) in [6.07, 6.45) is 2.31. The molecule has 0 atom stereocenters. The fraction of sp³-hybridized carbons (Fsp3) is 0.176. The maximum Gasteiger partial charge on any atom is 0.259 e. The van der Waals surface area contributed by atoms with Crippen LogP contribution in [-0.4, -0.2) is 26.8 Å². The number of anilines is 1. The minimum absolute atomic E-state index is 0.139. The Kier molecular flexibility index (Phi) is 5.85. The molecule has 0 saturated heterocycles. The first-order valence-corrected chi connectivity index (χ1v) is 9.08. The summed E-state index contributed by atoms with van der Waals surface area (Å²) in [7, 11) is 0. The first kappa shape index (κ1) is 18.3. The van der Waals surface area contributed by atoms with Gasteiger partial charge in [-0.05, 0) is 30.3 Å². The summed E-state index contributed by atoms with van der Waals surface area (Å²) in [5.74, 6) is 0.461. The third kappa shape index (κ3) is 4.59. The predicted octanol–water partition coefficient (Wildman–Crippen LogP) is 4.22. The van der Waals surface area contributed by atoms with Gasteiger partial charge in [0.1, 0.15) is 5.82 Å². The van der Waals surface area contributed by atoms with Crippen LogP contribution in [0.2, 0.25) is 5.02 Å².